The molecule has 126 valence electrons. The van der Waals surface area contributed by atoms with Gasteiger partial charge in [0.05, 0.1) is 21.6 Å². The molecule has 1 amide bonds. The SMILES string of the molecule is Cc1nn(CCCNC(=O)Cn2nc(C)c(Br)c2C)c(Cl)c1Cl. The molecule has 0 unspecified atom stereocenters. The summed E-state index contributed by atoms with van der Waals surface area (Å²) in [6, 6.07) is 0. The van der Waals surface area contributed by atoms with Crippen molar-refractivity contribution in [3.05, 3.63) is 31.7 Å². The van der Waals surface area contributed by atoms with Crippen molar-refractivity contribution in [1.82, 2.24) is 24.9 Å². The molecule has 0 fully saturated rings. The predicted molar refractivity (Wildman–Crippen MR) is 94.0 cm³/mol. The number of hydrogen-bond donors (Lipinski definition) is 1. The summed E-state index contributed by atoms with van der Waals surface area (Å²) in [5.74, 6) is -0.0797. The summed E-state index contributed by atoms with van der Waals surface area (Å²) in [5, 5.41) is 12.3. The average Bonchev–Trinajstić information content (AvgIpc) is 2.89. The van der Waals surface area contributed by atoms with Gasteiger partial charge in [-0.05, 0) is 43.1 Å². The fraction of sp³-hybridized carbons (Fsp3) is 0.500. The first-order valence-electron chi connectivity index (χ1n) is 7.16. The molecule has 23 heavy (non-hydrogen) atoms. The zero-order valence-electron chi connectivity index (χ0n) is 13.2. The normalized spacial score (nSPS) is 11.0. The zero-order valence-corrected chi connectivity index (χ0v) is 16.3. The highest BCUT2D eigenvalue weighted by Crippen LogP contribution is 2.24. The second kappa shape index (κ2) is 7.68. The summed E-state index contributed by atoms with van der Waals surface area (Å²) in [6.45, 7) is 6.95. The lowest BCUT2D eigenvalue weighted by Crippen LogP contribution is -2.29. The minimum absolute atomic E-state index is 0.0797. The van der Waals surface area contributed by atoms with Gasteiger partial charge in [-0.25, -0.2) is 0 Å². The number of nitrogens with zero attached hydrogens (tertiary/aromatic N) is 4. The molecule has 9 heteroatoms. The fourth-order valence-electron chi connectivity index (χ4n) is 2.16. The molecule has 2 aromatic rings. The van der Waals surface area contributed by atoms with Gasteiger partial charge in [0.2, 0.25) is 5.91 Å². The highest BCUT2D eigenvalue weighted by atomic mass is 79.9. The van der Waals surface area contributed by atoms with Crippen LogP contribution in [0, 0.1) is 20.8 Å². The van der Waals surface area contributed by atoms with Gasteiger partial charge < -0.3 is 5.32 Å². The Hall–Kier alpha value is -1.05. The molecule has 0 aliphatic carbocycles. The Kier molecular flexibility index (Phi) is 6.11. The van der Waals surface area contributed by atoms with Crippen molar-refractivity contribution < 1.29 is 4.79 Å². The van der Waals surface area contributed by atoms with E-state index >= 15 is 0 Å². The van der Waals surface area contributed by atoms with Gasteiger partial charge in [-0.2, -0.15) is 10.2 Å². The van der Waals surface area contributed by atoms with Crippen molar-refractivity contribution in [1.29, 1.82) is 0 Å². The number of carbonyl (C=O) groups excluding carboxylic acids is 1. The monoisotopic (exact) mass is 421 g/mol. The lowest BCUT2D eigenvalue weighted by molar-refractivity contribution is -0.121. The smallest absolute Gasteiger partial charge is 0.241 e. The molecule has 0 saturated carbocycles. The predicted octanol–water partition coefficient (Wildman–Crippen LogP) is 3.28. The van der Waals surface area contributed by atoms with Gasteiger partial charge in [0.25, 0.3) is 0 Å². The third kappa shape index (κ3) is 4.28. The molecular weight excluding hydrogens is 405 g/mol. The van der Waals surface area contributed by atoms with Crippen LogP contribution < -0.4 is 5.32 Å². The van der Waals surface area contributed by atoms with Gasteiger partial charge in [-0.3, -0.25) is 14.2 Å². The summed E-state index contributed by atoms with van der Waals surface area (Å²) in [4.78, 5) is 12.0. The van der Waals surface area contributed by atoms with Crippen LogP contribution in [0.15, 0.2) is 4.47 Å². The third-order valence-electron chi connectivity index (χ3n) is 3.45. The van der Waals surface area contributed by atoms with E-state index in [9.17, 15) is 4.79 Å². The second-order valence-corrected chi connectivity index (χ2v) is 6.79. The van der Waals surface area contributed by atoms with Crippen molar-refractivity contribution in [3.63, 3.8) is 0 Å². The maximum absolute atomic E-state index is 12.0. The minimum atomic E-state index is -0.0797. The topological polar surface area (TPSA) is 64.7 Å². The molecule has 2 aromatic heterocycles. The lowest BCUT2D eigenvalue weighted by Gasteiger charge is -2.07. The Morgan fingerprint density at radius 3 is 2.35 bits per heavy atom. The van der Waals surface area contributed by atoms with E-state index in [1.165, 1.54) is 0 Å². The summed E-state index contributed by atoms with van der Waals surface area (Å²) < 4.78 is 4.26. The highest BCUT2D eigenvalue weighted by molar-refractivity contribution is 9.10. The molecule has 2 heterocycles. The lowest BCUT2D eigenvalue weighted by atomic mass is 10.4. The molecule has 0 radical (unpaired) electrons. The maximum Gasteiger partial charge on any atom is 0.241 e. The van der Waals surface area contributed by atoms with Crippen LogP contribution in [0.4, 0.5) is 0 Å². The van der Waals surface area contributed by atoms with Crippen LogP contribution >= 0.6 is 39.1 Å². The molecule has 0 aliphatic rings. The number of aromatic nitrogens is 4. The van der Waals surface area contributed by atoms with E-state index in [2.05, 4.69) is 31.4 Å². The first-order valence-corrected chi connectivity index (χ1v) is 8.70. The van der Waals surface area contributed by atoms with Crippen LogP contribution in [0.3, 0.4) is 0 Å². The summed E-state index contributed by atoms with van der Waals surface area (Å²) in [5.41, 5.74) is 2.51. The quantitative estimate of drug-likeness (QED) is 0.726. The molecule has 0 atom stereocenters. The Morgan fingerprint density at radius 2 is 1.83 bits per heavy atom. The van der Waals surface area contributed by atoms with Crippen LogP contribution in [-0.4, -0.2) is 32.0 Å². The van der Waals surface area contributed by atoms with Crippen molar-refractivity contribution >= 4 is 45.0 Å². The van der Waals surface area contributed by atoms with Gasteiger partial charge in [-0.15, -0.1) is 0 Å². The summed E-state index contributed by atoms with van der Waals surface area (Å²) >= 11 is 15.5. The van der Waals surface area contributed by atoms with E-state index in [0.717, 1.165) is 15.9 Å². The number of halogens is 3. The Bertz CT molecular complexity index is 725. The van der Waals surface area contributed by atoms with Crippen LogP contribution in [0.1, 0.15) is 23.5 Å². The molecular formula is C14H18BrCl2N5O. The largest absolute Gasteiger partial charge is 0.354 e. The van der Waals surface area contributed by atoms with E-state index in [4.69, 9.17) is 23.2 Å². The van der Waals surface area contributed by atoms with Gasteiger partial charge in [0.15, 0.2) is 0 Å². The van der Waals surface area contributed by atoms with Crippen molar-refractivity contribution in [2.45, 2.75) is 40.3 Å². The van der Waals surface area contributed by atoms with Crippen molar-refractivity contribution in [2.75, 3.05) is 6.54 Å². The van der Waals surface area contributed by atoms with Crippen LogP contribution in [0.5, 0.6) is 0 Å². The molecule has 1 N–H and O–H groups in total. The Labute approximate surface area is 153 Å². The van der Waals surface area contributed by atoms with Crippen LogP contribution in [-0.2, 0) is 17.9 Å². The number of amides is 1. The number of carbonyl (C=O) groups is 1. The molecule has 0 spiro atoms. The van der Waals surface area contributed by atoms with Gasteiger partial charge in [0, 0.05) is 13.1 Å². The first-order chi connectivity index (χ1) is 10.8. The Balaban J connectivity index is 1.79. The third-order valence-corrected chi connectivity index (χ3v) is 5.53. The van der Waals surface area contributed by atoms with Crippen molar-refractivity contribution in [3.8, 4) is 0 Å². The fourth-order valence-corrected chi connectivity index (χ4v) is 2.84. The van der Waals surface area contributed by atoms with Crippen LogP contribution in [0.25, 0.3) is 0 Å². The average molecular weight is 423 g/mol. The van der Waals surface area contributed by atoms with E-state index in [-0.39, 0.29) is 12.5 Å². The van der Waals surface area contributed by atoms with E-state index in [1.807, 2.05) is 13.8 Å². The zero-order chi connectivity index (χ0) is 17.1. The molecule has 0 saturated heterocycles. The van der Waals surface area contributed by atoms with E-state index in [0.29, 0.717) is 35.4 Å². The minimum Gasteiger partial charge on any atom is -0.354 e. The number of aryl methyl sites for hydroxylation is 3. The van der Waals surface area contributed by atoms with Gasteiger partial charge in [0.1, 0.15) is 16.7 Å². The molecule has 0 bridgehead atoms. The number of hydrogen-bond acceptors (Lipinski definition) is 3. The Morgan fingerprint density at radius 1 is 1.17 bits per heavy atom. The number of rotatable bonds is 6. The summed E-state index contributed by atoms with van der Waals surface area (Å²) in [7, 11) is 0. The molecule has 6 nitrogen and oxygen atoms in total. The van der Waals surface area contributed by atoms with Crippen molar-refractivity contribution in [2.24, 2.45) is 0 Å². The maximum atomic E-state index is 12.0. The molecule has 0 aliphatic heterocycles. The standard InChI is InChI=1S/C14H18BrCl2N5O/c1-8-12(15)10(3)22(19-8)7-11(23)18-5-4-6-21-14(17)13(16)9(2)20-21/h4-7H2,1-3H3,(H,18,23). The molecule has 2 rings (SSSR count). The van der Waals surface area contributed by atoms with Gasteiger partial charge in [-0.1, -0.05) is 23.2 Å². The first kappa shape index (κ1) is 18.3. The highest BCUT2D eigenvalue weighted by Gasteiger charge is 2.12. The second-order valence-electron chi connectivity index (χ2n) is 5.26. The van der Waals surface area contributed by atoms with Gasteiger partial charge >= 0.3 is 0 Å². The number of nitrogens with one attached hydrogen (secondary N) is 1. The van der Waals surface area contributed by atoms with E-state index < -0.39 is 0 Å². The summed E-state index contributed by atoms with van der Waals surface area (Å²) in [6.07, 6.45) is 0.712. The van der Waals surface area contributed by atoms with Crippen LogP contribution in [0.2, 0.25) is 10.2 Å². The molecule has 0 aromatic carbocycles. The van der Waals surface area contributed by atoms with E-state index in [1.54, 1.807) is 16.3 Å².